The molecule has 0 fully saturated rings. The predicted octanol–water partition coefficient (Wildman–Crippen LogP) is 2.73. The van der Waals surface area contributed by atoms with E-state index in [9.17, 15) is 14.4 Å². The Morgan fingerprint density at radius 2 is 1.88 bits per heavy atom. The van der Waals surface area contributed by atoms with Crippen molar-refractivity contribution in [2.24, 2.45) is 5.10 Å². The molecule has 1 heterocycles. The number of methoxy groups -OCH3 is 1. The molecule has 0 saturated carbocycles. The molecule has 3 aromatic rings. The van der Waals surface area contributed by atoms with E-state index in [0.29, 0.717) is 27.8 Å². The van der Waals surface area contributed by atoms with E-state index in [1.807, 2.05) is 0 Å². The maximum atomic E-state index is 12.1. The van der Waals surface area contributed by atoms with Gasteiger partial charge >= 0.3 is 11.8 Å². The second kappa shape index (κ2) is 12.1. The fourth-order valence-corrected chi connectivity index (χ4v) is 2.79. The highest BCUT2D eigenvalue weighted by atomic mass is 35.5. The first-order valence-corrected chi connectivity index (χ1v) is 10.3. The molecular weight excluding hydrogens is 464 g/mol. The number of ether oxygens (including phenoxy) is 2. The van der Waals surface area contributed by atoms with E-state index < -0.39 is 11.8 Å². The summed E-state index contributed by atoms with van der Waals surface area (Å²) in [5, 5.41) is 9.21. The van der Waals surface area contributed by atoms with Gasteiger partial charge in [0.25, 0.3) is 5.91 Å². The lowest BCUT2D eigenvalue weighted by atomic mass is 10.2. The zero-order valence-corrected chi connectivity index (χ0v) is 18.8. The van der Waals surface area contributed by atoms with E-state index in [1.54, 1.807) is 48.5 Å². The normalized spacial score (nSPS) is 10.5. The number of benzene rings is 2. The number of amides is 3. The van der Waals surface area contributed by atoms with Crippen LogP contribution in [-0.4, -0.2) is 37.7 Å². The quantitative estimate of drug-likeness (QED) is 0.243. The molecule has 2 aromatic carbocycles. The van der Waals surface area contributed by atoms with E-state index in [0.717, 1.165) is 0 Å². The molecule has 3 amide bonds. The number of furan rings is 1. The molecule has 0 aliphatic carbocycles. The number of carbonyl (C=O) groups is 3. The molecule has 176 valence electrons. The summed E-state index contributed by atoms with van der Waals surface area (Å²) >= 11 is 5.90. The van der Waals surface area contributed by atoms with Gasteiger partial charge in [-0.15, -0.1) is 0 Å². The van der Waals surface area contributed by atoms with Crippen molar-refractivity contribution in [1.29, 1.82) is 0 Å². The number of nitrogens with one attached hydrogen (secondary N) is 3. The van der Waals surface area contributed by atoms with Gasteiger partial charge in [0.15, 0.2) is 6.61 Å². The third kappa shape index (κ3) is 7.38. The van der Waals surface area contributed by atoms with Crippen LogP contribution in [-0.2, 0) is 20.9 Å². The Balaban J connectivity index is 1.43. The van der Waals surface area contributed by atoms with E-state index in [1.165, 1.54) is 25.7 Å². The van der Waals surface area contributed by atoms with Crippen molar-refractivity contribution in [2.45, 2.75) is 6.54 Å². The highest BCUT2D eigenvalue weighted by Gasteiger charge is 2.15. The Labute approximate surface area is 199 Å². The number of rotatable bonds is 9. The number of hydrogen-bond acceptors (Lipinski definition) is 7. The van der Waals surface area contributed by atoms with Crippen LogP contribution in [0.1, 0.15) is 11.3 Å². The van der Waals surface area contributed by atoms with Crippen molar-refractivity contribution >= 4 is 41.2 Å². The maximum absolute atomic E-state index is 12.1. The highest BCUT2D eigenvalue weighted by Crippen LogP contribution is 2.27. The smallest absolute Gasteiger partial charge is 0.329 e. The van der Waals surface area contributed by atoms with Crippen molar-refractivity contribution in [3.63, 3.8) is 0 Å². The van der Waals surface area contributed by atoms with Crippen LogP contribution < -0.4 is 25.5 Å². The van der Waals surface area contributed by atoms with Crippen molar-refractivity contribution in [1.82, 2.24) is 10.7 Å². The van der Waals surface area contributed by atoms with Gasteiger partial charge in [0.1, 0.15) is 17.3 Å². The number of hydrazone groups is 1. The topological polar surface area (TPSA) is 131 Å². The number of carbonyl (C=O) groups excluding carboxylic acids is 3. The molecular formula is C23H21ClN4O6. The van der Waals surface area contributed by atoms with Crippen LogP contribution in [0.2, 0.25) is 5.02 Å². The van der Waals surface area contributed by atoms with Crippen molar-refractivity contribution in [3.8, 4) is 11.5 Å². The number of anilines is 1. The highest BCUT2D eigenvalue weighted by molar-refractivity contribution is 6.40. The molecule has 0 aliphatic rings. The second-order valence-corrected chi connectivity index (χ2v) is 7.15. The summed E-state index contributed by atoms with van der Waals surface area (Å²) in [6, 6.07) is 14.7. The monoisotopic (exact) mass is 484 g/mol. The molecule has 0 spiro atoms. The minimum Gasteiger partial charge on any atom is -0.495 e. The Hall–Kier alpha value is -4.31. The van der Waals surface area contributed by atoms with Crippen molar-refractivity contribution in [3.05, 3.63) is 77.2 Å². The number of nitrogens with zero attached hydrogens (tertiary/aromatic N) is 1. The van der Waals surface area contributed by atoms with E-state index in [-0.39, 0.29) is 24.7 Å². The fourth-order valence-electron chi connectivity index (χ4n) is 2.62. The van der Waals surface area contributed by atoms with Crippen LogP contribution in [0.3, 0.4) is 0 Å². The Kier molecular flexibility index (Phi) is 8.64. The summed E-state index contributed by atoms with van der Waals surface area (Å²) in [6.07, 6.45) is 2.88. The Bertz CT molecular complexity index is 1160. The van der Waals surface area contributed by atoms with Crippen LogP contribution in [0.25, 0.3) is 0 Å². The molecule has 0 bridgehead atoms. The van der Waals surface area contributed by atoms with Gasteiger partial charge in [-0.25, -0.2) is 5.43 Å². The third-order valence-electron chi connectivity index (χ3n) is 4.29. The van der Waals surface area contributed by atoms with Gasteiger partial charge in [0.05, 0.1) is 31.8 Å². The summed E-state index contributed by atoms with van der Waals surface area (Å²) in [4.78, 5) is 35.9. The molecule has 0 saturated heterocycles. The molecule has 11 heteroatoms. The zero-order valence-electron chi connectivity index (χ0n) is 18.0. The molecule has 0 atom stereocenters. The average Bonchev–Trinajstić information content (AvgIpc) is 3.36. The van der Waals surface area contributed by atoms with E-state index >= 15 is 0 Å². The number of halogens is 1. The second-order valence-electron chi connectivity index (χ2n) is 6.71. The fraction of sp³-hybridized carbons (Fsp3) is 0.130. The molecule has 10 nitrogen and oxygen atoms in total. The summed E-state index contributed by atoms with van der Waals surface area (Å²) in [5.41, 5.74) is 3.02. The van der Waals surface area contributed by atoms with Crippen molar-refractivity contribution < 1.29 is 28.3 Å². The molecule has 0 aliphatic heterocycles. The number of hydrogen-bond donors (Lipinski definition) is 3. The molecule has 3 N–H and O–H groups in total. The largest absolute Gasteiger partial charge is 0.495 e. The van der Waals surface area contributed by atoms with Gasteiger partial charge in [-0.3, -0.25) is 14.4 Å². The SMILES string of the molecule is COc1ccc(Cl)cc1NC(=O)C(=O)N/N=C/c1ccc(OCC(=O)NCc2ccco2)cc1. The molecule has 3 rings (SSSR count). The van der Waals surface area contributed by atoms with Gasteiger partial charge < -0.3 is 24.5 Å². The first kappa shape index (κ1) is 24.3. The van der Waals surface area contributed by atoms with Gasteiger partial charge in [-0.1, -0.05) is 11.6 Å². The average molecular weight is 485 g/mol. The predicted molar refractivity (Wildman–Crippen MR) is 125 cm³/mol. The minimum absolute atomic E-state index is 0.156. The van der Waals surface area contributed by atoms with E-state index in [2.05, 4.69) is 21.2 Å². The zero-order chi connectivity index (χ0) is 24.3. The molecule has 0 unspecified atom stereocenters. The molecule has 34 heavy (non-hydrogen) atoms. The van der Waals surface area contributed by atoms with Crippen LogP contribution in [0.4, 0.5) is 5.69 Å². The summed E-state index contributed by atoms with van der Waals surface area (Å²) in [6.45, 7) is 0.123. The van der Waals surface area contributed by atoms with Gasteiger partial charge in [-0.05, 0) is 60.2 Å². The summed E-state index contributed by atoms with van der Waals surface area (Å²) in [7, 11) is 1.43. The first-order valence-electron chi connectivity index (χ1n) is 9.94. The lowest BCUT2D eigenvalue weighted by molar-refractivity contribution is -0.136. The van der Waals surface area contributed by atoms with Crippen LogP contribution >= 0.6 is 11.6 Å². The Morgan fingerprint density at radius 1 is 1.09 bits per heavy atom. The summed E-state index contributed by atoms with van der Waals surface area (Å²) in [5.74, 6) is -0.731. The van der Waals surface area contributed by atoms with Crippen LogP contribution in [0, 0.1) is 0 Å². The lowest BCUT2D eigenvalue weighted by Gasteiger charge is -2.09. The van der Waals surface area contributed by atoms with Crippen molar-refractivity contribution in [2.75, 3.05) is 19.0 Å². The van der Waals surface area contributed by atoms with Gasteiger partial charge in [0.2, 0.25) is 0 Å². The van der Waals surface area contributed by atoms with Crippen LogP contribution in [0.15, 0.2) is 70.4 Å². The standard InChI is InChI=1S/C23H21ClN4O6/c1-32-20-9-6-16(24)11-19(20)27-22(30)23(31)28-26-12-15-4-7-17(8-5-15)34-14-21(29)25-13-18-3-2-10-33-18/h2-12H,13-14H2,1H3,(H,25,29)(H,27,30)(H,28,31)/b26-12+. The summed E-state index contributed by atoms with van der Waals surface area (Å²) < 4.78 is 15.7. The third-order valence-corrected chi connectivity index (χ3v) is 4.52. The molecule has 0 radical (unpaired) electrons. The first-order chi connectivity index (χ1) is 16.4. The van der Waals surface area contributed by atoms with E-state index in [4.69, 9.17) is 25.5 Å². The lowest BCUT2D eigenvalue weighted by Crippen LogP contribution is -2.32. The maximum Gasteiger partial charge on any atom is 0.329 e. The minimum atomic E-state index is -0.973. The van der Waals surface area contributed by atoms with Gasteiger partial charge in [0, 0.05) is 5.02 Å². The van der Waals surface area contributed by atoms with Crippen LogP contribution in [0.5, 0.6) is 11.5 Å². The molecule has 1 aromatic heterocycles. The van der Waals surface area contributed by atoms with Gasteiger partial charge in [-0.2, -0.15) is 5.10 Å². The Morgan fingerprint density at radius 3 is 2.59 bits per heavy atom.